The molecule has 3 aromatic carbocycles. The van der Waals surface area contributed by atoms with Gasteiger partial charge in [-0.25, -0.2) is 9.69 Å². The van der Waals surface area contributed by atoms with Gasteiger partial charge >= 0.3 is 6.03 Å². The molecular formula is C26H19BrClN3O6. The molecule has 0 radical (unpaired) electrons. The van der Waals surface area contributed by atoms with Crippen molar-refractivity contribution < 1.29 is 28.7 Å². The van der Waals surface area contributed by atoms with E-state index in [0.29, 0.717) is 26.4 Å². The summed E-state index contributed by atoms with van der Waals surface area (Å²) in [6.45, 7) is -0.338. The number of carbonyl (C=O) groups is 4. The number of carbonyl (C=O) groups excluding carboxylic acids is 4. The van der Waals surface area contributed by atoms with Crippen molar-refractivity contribution in [3.8, 4) is 11.5 Å². The van der Waals surface area contributed by atoms with Gasteiger partial charge in [0.2, 0.25) is 0 Å². The van der Waals surface area contributed by atoms with Gasteiger partial charge in [0, 0.05) is 0 Å². The van der Waals surface area contributed by atoms with Gasteiger partial charge in [-0.15, -0.1) is 0 Å². The summed E-state index contributed by atoms with van der Waals surface area (Å²) in [5, 5.41) is 5.23. The number of anilines is 2. The molecule has 0 atom stereocenters. The Hall–Kier alpha value is -4.15. The maximum atomic E-state index is 13.1. The highest BCUT2D eigenvalue weighted by Crippen LogP contribution is 2.37. The van der Waals surface area contributed by atoms with Crippen LogP contribution in [-0.2, 0) is 14.4 Å². The van der Waals surface area contributed by atoms with Crippen LogP contribution < -0.4 is 25.0 Å². The maximum Gasteiger partial charge on any atom is 0.335 e. The van der Waals surface area contributed by atoms with Crippen LogP contribution in [0.5, 0.6) is 11.5 Å². The highest BCUT2D eigenvalue weighted by Gasteiger charge is 2.36. The molecule has 1 heterocycles. The minimum Gasteiger partial charge on any atom is -0.493 e. The van der Waals surface area contributed by atoms with Crippen LogP contribution in [0, 0.1) is 0 Å². The summed E-state index contributed by atoms with van der Waals surface area (Å²) in [6, 6.07) is 17.3. The van der Waals surface area contributed by atoms with Crippen LogP contribution in [0.3, 0.4) is 0 Å². The number of barbiturate groups is 1. The number of nitrogens with zero attached hydrogens (tertiary/aromatic N) is 1. The number of halogens is 2. The van der Waals surface area contributed by atoms with Gasteiger partial charge in [0.15, 0.2) is 18.1 Å². The molecule has 188 valence electrons. The fourth-order valence-corrected chi connectivity index (χ4v) is 4.24. The lowest BCUT2D eigenvalue weighted by atomic mass is 10.1. The number of imide groups is 2. The average molecular weight is 585 g/mol. The van der Waals surface area contributed by atoms with Gasteiger partial charge in [0.05, 0.1) is 28.0 Å². The Bertz CT molecular complexity index is 1430. The SMILES string of the molecule is COc1cc(/C=C2/C(=O)NC(=O)N(c3ccccc3)C2=O)cc(Br)c1OCC(=O)Nc1ccccc1Cl. The number of ether oxygens (including phenoxy) is 2. The molecule has 5 amide bonds. The Morgan fingerprint density at radius 2 is 1.78 bits per heavy atom. The molecule has 0 bridgehead atoms. The lowest BCUT2D eigenvalue weighted by Crippen LogP contribution is -2.54. The van der Waals surface area contributed by atoms with E-state index in [1.807, 2.05) is 0 Å². The predicted molar refractivity (Wildman–Crippen MR) is 142 cm³/mol. The molecule has 11 heteroatoms. The van der Waals surface area contributed by atoms with E-state index in [1.165, 1.54) is 19.3 Å². The predicted octanol–water partition coefficient (Wildman–Crippen LogP) is 4.80. The van der Waals surface area contributed by atoms with E-state index >= 15 is 0 Å². The standard InChI is InChI=1S/C26H19BrClN3O6/c1-36-21-13-15(11-17-24(33)30-26(35)31(25(17)34)16-7-3-2-4-8-16)12-18(27)23(21)37-14-22(32)29-20-10-6-5-9-19(20)28/h2-13H,14H2,1H3,(H,29,32)(H,30,33,35)/b17-11-. The van der Waals surface area contributed by atoms with Crippen LogP contribution in [-0.4, -0.2) is 37.5 Å². The second-order valence-corrected chi connectivity index (χ2v) is 8.91. The zero-order chi connectivity index (χ0) is 26.5. The average Bonchev–Trinajstić information content (AvgIpc) is 2.87. The molecular weight excluding hydrogens is 566 g/mol. The van der Waals surface area contributed by atoms with Crippen LogP contribution in [0.1, 0.15) is 5.56 Å². The molecule has 0 aromatic heterocycles. The summed E-state index contributed by atoms with van der Waals surface area (Å²) in [7, 11) is 1.41. The normalized spacial score (nSPS) is 14.4. The van der Waals surface area contributed by atoms with Gasteiger partial charge in [0.25, 0.3) is 17.7 Å². The summed E-state index contributed by atoms with van der Waals surface area (Å²) >= 11 is 9.45. The van der Waals surface area contributed by atoms with Crippen molar-refractivity contribution in [1.82, 2.24) is 5.32 Å². The minimum absolute atomic E-state index is 0.236. The quantitative estimate of drug-likeness (QED) is 0.305. The number of hydrogen-bond acceptors (Lipinski definition) is 6. The second-order valence-electron chi connectivity index (χ2n) is 7.64. The number of benzene rings is 3. The van der Waals surface area contributed by atoms with Crippen molar-refractivity contribution in [2.75, 3.05) is 23.9 Å². The first-order valence-corrected chi connectivity index (χ1v) is 12.0. The molecule has 37 heavy (non-hydrogen) atoms. The van der Waals surface area contributed by atoms with Crippen molar-refractivity contribution in [2.24, 2.45) is 0 Å². The molecule has 1 fully saturated rings. The smallest absolute Gasteiger partial charge is 0.335 e. The number of urea groups is 1. The fraction of sp³-hybridized carbons (Fsp3) is 0.0769. The van der Waals surface area contributed by atoms with Crippen LogP contribution in [0.25, 0.3) is 6.08 Å². The van der Waals surface area contributed by atoms with Crippen LogP contribution in [0.2, 0.25) is 5.02 Å². The number of hydrogen-bond donors (Lipinski definition) is 2. The van der Waals surface area contributed by atoms with E-state index in [1.54, 1.807) is 60.7 Å². The van der Waals surface area contributed by atoms with E-state index in [4.69, 9.17) is 21.1 Å². The molecule has 0 saturated carbocycles. The van der Waals surface area contributed by atoms with E-state index in [9.17, 15) is 19.2 Å². The largest absolute Gasteiger partial charge is 0.493 e. The number of nitrogens with one attached hydrogen (secondary N) is 2. The first-order chi connectivity index (χ1) is 17.8. The molecule has 3 aromatic rings. The van der Waals surface area contributed by atoms with Gasteiger partial charge < -0.3 is 14.8 Å². The molecule has 1 aliphatic rings. The Morgan fingerprint density at radius 1 is 1.08 bits per heavy atom. The topological polar surface area (TPSA) is 114 Å². The van der Waals surface area contributed by atoms with Gasteiger partial charge in [-0.3, -0.25) is 19.7 Å². The highest BCUT2D eigenvalue weighted by molar-refractivity contribution is 9.10. The van der Waals surface area contributed by atoms with Crippen LogP contribution in [0.4, 0.5) is 16.2 Å². The Morgan fingerprint density at radius 3 is 2.49 bits per heavy atom. The van der Waals surface area contributed by atoms with Crippen molar-refractivity contribution in [3.63, 3.8) is 0 Å². The fourth-order valence-electron chi connectivity index (χ4n) is 3.49. The van der Waals surface area contributed by atoms with E-state index < -0.39 is 23.8 Å². The zero-order valence-electron chi connectivity index (χ0n) is 19.3. The number of rotatable bonds is 7. The third-order valence-electron chi connectivity index (χ3n) is 5.17. The number of para-hydroxylation sites is 2. The maximum absolute atomic E-state index is 13.1. The third-order valence-corrected chi connectivity index (χ3v) is 6.09. The third kappa shape index (κ3) is 5.82. The minimum atomic E-state index is -0.837. The van der Waals surface area contributed by atoms with E-state index in [-0.39, 0.29) is 23.7 Å². The van der Waals surface area contributed by atoms with Gasteiger partial charge in [0.1, 0.15) is 5.57 Å². The summed E-state index contributed by atoms with van der Waals surface area (Å²) < 4.78 is 11.5. The summed E-state index contributed by atoms with van der Waals surface area (Å²) in [6.07, 6.45) is 1.33. The molecule has 4 rings (SSSR count). The van der Waals surface area contributed by atoms with E-state index in [2.05, 4.69) is 26.6 Å². The zero-order valence-corrected chi connectivity index (χ0v) is 21.6. The molecule has 1 saturated heterocycles. The summed E-state index contributed by atoms with van der Waals surface area (Å²) in [5.41, 5.74) is 0.938. The van der Waals surface area contributed by atoms with Gasteiger partial charge in [-0.2, -0.15) is 0 Å². The Balaban J connectivity index is 1.56. The number of amides is 5. The summed E-state index contributed by atoms with van der Waals surface area (Å²) in [4.78, 5) is 51.1. The molecule has 9 nitrogen and oxygen atoms in total. The first-order valence-electron chi connectivity index (χ1n) is 10.8. The van der Waals surface area contributed by atoms with Crippen molar-refractivity contribution in [2.45, 2.75) is 0 Å². The highest BCUT2D eigenvalue weighted by atomic mass is 79.9. The molecule has 0 aliphatic carbocycles. The van der Waals surface area contributed by atoms with Crippen molar-refractivity contribution >= 4 is 68.7 Å². The van der Waals surface area contributed by atoms with Crippen molar-refractivity contribution in [1.29, 1.82) is 0 Å². The first kappa shape index (κ1) is 25.9. The summed E-state index contributed by atoms with van der Waals surface area (Å²) in [5.74, 6) is -1.56. The van der Waals surface area contributed by atoms with Crippen LogP contribution in [0.15, 0.2) is 76.8 Å². The molecule has 2 N–H and O–H groups in total. The second kappa shape index (κ2) is 11.3. The lowest BCUT2D eigenvalue weighted by Gasteiger charge is -2.26. The lowest BCUT2D eigenvalue weighted by molar-refractivity contribution is -0.122. The molecule has 0 unspecified atom stereocenters. The van der Waals surface area contributed by atoms with Crippen LogP contribution >= 0.6 is 27.5 Å². The Kier molecular flexibility index (Phi) is 7.90. The van der Waals surface area contributed by atoms with E-state index in [0.717, 1.165) is 4.90 Å². The molecule has 1 aliphatic heterocycles. The Labute approximate surface area is 225 Å². The van der Waals surface area contributed by atoms with Gasteiger partial charge in [-0.05, 0) is 64.0 Å². The monoisotopic (exact) mass is 583 g/mol. The van der Waals surface area contributed by atoms with Gasteiger partial charge in [-0.1, -0.05) is 41.9 Å². The van der Waals surface area contributed by atoms with Crippen molar-refractivity contribution in [3.05, 3.63) is 87.4 Å². The molecule has 0 spiro atoms. The number of methoxy groups -OCH3 is 1.